The molecule has 31 heavy (non-hydrogen) atoms. The lowest BCUT2D eigenvalue weighted by atomic mass is 9.97. The summed E-state index contributed by atoms with van der Waals surface area (Å²) in [6, 6.07) is 19.3. The minimum absolute atomic E-state index is 0.0929. The first-order valence-corrected chi connectivity index (χ1v) is 11.8. The summed E-state index contributed by atoms with van der Waals surface area (Å²) >= 11 is 0. The maximum atomic E-state index is 12.9. The molecular weight excluding hydrogens is 408 g/mol. The molecule has 2 N–H and O–H groups in total. The fourth-order valence-electron chi connectivity index (χ4n) is 3.58. The lowest BCUT2D eigenvalue weighted by Gasteiger charge is -2.20. The zero-order chi connectivity index (χ0) is 22.6. The molecule has 0 aliphatic heterocycles. The molecule has 0 heterocycles. The Kier molecular flexibility index (Phi) is 6.81. The Morgan fingerprint density at radius 2 is 1.61 bits per heavy atom. The van der Waals surface area contributed by atoms with Crippen molar-refractivity contribution in [3.8, 4) is 0 Å². The zero-order valence-electron chi connectivity index (χ0n) is 18.3. The van der Waals surface area contributed by atoms with Gasteiger partial charge in [-0.15, -0.1) is 0 Å². The first kappa shape index (κ1) is 22.6. The first-order chi connectivity index (χ1) is 14.7. The molecule has 0 aliphatic rings. The normalized spacial score (nSPS) is 12.3. The van der Waals surface area contributed by atoms with Crippen molar-refractivity contribution in [2.45, 2.75) is 45.1 Å². The molecule has 3 aromatic carbocycles. The van der Waals surface area contributed by atoms with Gasteiger partial charge in [0.1, 0.15) is 0 Å². The Morgan fingerprint density at radius 1 is 0.903 bits per heavy atom. The van der Waals surface area contributed by atoms with Crippen molar-refractivity contribution >= 4 is 21.6 Å². The molecule has 3 aromatic rings. The number of sulfonamides is 1. The van der Waals surface area contributed by atoms with E-state index in [1.165, 1.54) is 17.7 Å². The lowest BCUT2D eigenvalue weighted by Crippen LogP contribution is -2.28. The number of carbonyl (C=O) groups is 1. The molecule has 0 bridgehead atoms. The average Bonchev–Trinajstić information content (AvgIpc) is 2.74. The maximum absolute atomic E-state index is 12.9. The molecule has 0 fully saturated rings. The lowest BCUT2D eigenvalue weighted by molar-refractivity contribution is 0.0935. The predicted octanol–water partition coefficient (Wildman–Crippen LogP) is 5.29. The number of hydrogen-bond donors (Lipinski definition) is 2. The maximum Gasteiger partial charge on any atom is 0.261 e. The molecule has 5 nitrogen and oxygen atoms in total. The standard InChI is InChI=1S/C25H28N2O3S/c1-5-23(22-13-11-17(2)15-18(22)3)26-25(28)20-12-14-24(19(4)16-20)27-31(29,30)21-9-7-6-8-10-21/h6-16,23,27H,5H2,1-4H3,(H,26,28)/t23-/m1/s1. The van der Waals surface area contributed by atoms with Gasteiger partial charge in [-0.2, -0.15) is 0 Å². The fraction of sp³-hybridized carbons (Fsp3) is 0.240. The van der Waals surface area contributed by atoms with E-state index < -0.39 is 10.0 Å². The number of carbonyl (C=O) groups excluding carboxylic acids is 1. The number of nitrogens with one attached hydrogen (secondary N) is 2. The van der Waals surface area contributed by atoms with Crippen LogP contribution in [0.15, 0.2) is 71.6 Å². The van der Waals surface area contributed by atoms with E-state index in [0.717, 1.165) is 17.5 Å². The van der Waals surface area contributed by atoms with Crippen LogP contribution < -0.4 is 10.0 Å². The Labute approximate surface area is 184 Å². The van der Waals surface area contributed by atoms with Crippen LogP contribution in [0.3, 0.4) is 0 Å². The number of amides is 1. The van der Waals surface area contributed by atoms with Crippen LogP contribution in [0.25, 0.3) is 0 Å². The summed E-state index contributed by atoms with van der Waals surface area (Å²) < 4.78 is 27.8. The smallest absolute Gasteiger partial charge is 0.261 e. The molecule has 1 atom stereocenters. The van der Waals surface area contributed by atoms with Gasteiger partial charge in [0.05, 0.1) is 16.6 Å². The van der Waals surface area contributed by atoms with Gasteiger partial charge >= 0.3 is 0 Å². The van der Waals surface area contributed by atoms with Gasteiger partial charge in [-0.3, -0.25) is 9.52 Å². The highest BCUT2D eigenvalue weighted by Crippen LogP contribution is 2.24. The Balaban J connectivity index is 1.78. The summed E-state index contributed by atoms with van der Waals surface area (Å²) in [4.78, 5) is 13.1. The molecule has 0 saturated heterocycles. The predicted molar refractivity (Wildman–Crippen MR) is 125 cm³/mol. The summed E-state index contributed by atoms with van der Waals surface area (Å²) in [5, 5.41) is 3.10. The third kappa shape index (κ3) is 5.33. The highest BCUT2D eigenvalue weighted by Gasteiger charge is 2.18. The van der Waals surface area contributed by atoms with Gasteiger partial charge in [0.2, 0.25) is 0 Å². The van der Waals surface area contributed by atoms with Crippen LogP contribution in [0.2, 0.25) is 0 Å². The quantitative estimate of drug-likeness (QED) is 0.528. The van der Waals surface area contributed by atoms with Crippen LogP contribution in [0.1, 0.15) is 52.0 Å². The number of aryl methyl sites for hydroxylation is 3. The van der Waals surface area contributed by atoms with E-state index in [0.29, 0.717) is 16.8 Å². The second-order valence-corrected chi connectivity index (χ2v) is 9.42. The van der Waals surface area contributed by atoms with Crippen LogP contribution in [-0.4, -0.2) is 14.3 Å². The molecule has 3 rings (SSSR count). The van der Waals surface area contributed by atoms with E-state index >= 15 is 0 Å². The van der Waals surface area contributed by atoms with Crippen LogP contribution in [0.5, 0.6) is 0 Å². The van der Waals surface area contributed by atoms with Gasteiger partial charge in [-0.25, -0.2) is 8.42 Å². The highest BCUT2D eigenvalue weighted by molar-refractivity contribution is 7.92. The van der Waals surface area contributed by atoms with Gasteiger partial charge in [0.25, 0.3) is 15.9 Å². The molecule has 1 amide bonds. The minimum Gasteiger partial charge on any atom is -0.345 e. The topological polar surface area (TPSA) is 75.3 Å². The van der Waals surface area contributed by atoms with Crippen molar-refractivity contribution in [3.05, 3.63) is 94.5 Å². The average molecular weight is 437 g/mol. The summed E-state index contributed by atoms with van der Waals surface area (Å²) in [6.07, 6.45) is 0.767. The molecule has 0 unspecified atom stereocenters. The third-order valence-electron chi connectivity index (χ3n) is 5.30. The van der Waals surface area contributed by atoms with E-state index in [2.05, 4.69) is 35.2 Å². The molecule has 0 radical (unpaired) electrons. The van der Waals surface area contributed by atoms with Crippen LogP contribution in [-0.2, 0) is 10.0 Å². The van der Waals surface area contributed by atoms with Crippen molar-refractivity contribution in [3.63, 3.8) is 0 Å². The second-order valence-electron chi connectivity index (χ2n) is 7.74. The van der Waals surface area contributed by atoms with Crippen LogP contribution in [0, 0.1) is 20.8 Å². The molecule has 162 valence electrons. The first-order valence-electron chi connectivity index (χ1n) is 10.3. The molecule has 0 aromatic heterocycles. The Morgan fingerprint density at radius 3 is 2.23 bits per heavy atom. The largest absolute Gasteiger partial charge is 0.345 e. The monoisotopic (exact) mass is 436 g/mol. The van der Waals surface area contributed by atoms with Gasteiger partial charge < -0.3 is 5.32 Å². The summed E-state index contributed by atoms with van der Waals surface area (Å²) in [5.41, 5.74) is 5.04. The molecule has 0 saturated carbocycles. The zero-order valence-corrected chi connectivity index (χ0v) is 19.1. The fourth-order valence-corrected chi connectivity index (χ4v) is 4.73. The summed E-state index contributed by atoms with van der Waals surface area (Å²) in [7, 11) is -3.69. The molecular formula is C25H28N2O3S. The number of rotatable bonds is 7. The van der Waals surface area contributed by atoms with E-state index in [9.17, 15) is 13.2 Å². The third-order valence-corrected chi connectivity index (χ3v) is 6.68. The Bertz CT molecular complexity index is 1190. The number of benzene rings is 3. The van der Waals surface area contributed by atoms with Crippen molar-refractivity contribution in [1.82, 2.24) is 5.32 Å². The van der Waals surface area contributed by atoms with E-state index in [4.69, 9.17) is 0 Å². The van der Waals surface area contributed by atoms with E-state index in [-0.39, 0.29) is 16.8 Å². The number of hydrogen-bond acceptors (Lipinski definition) is 3. The van der Waals surface area contributed by atoms with Crippen molar-refractivity contribution in [2.24, 2.45) is 0 Å². The van der Waals surface area contributed by atoms with E-state index in [1.807, 2.05) is 13.8 Å². The Hall–Kier alpha value is -3.12. The van der Waals surface area contributed by atoms with Gasteiger partial charge in [0, 0.05) is 5.56 Å². The molecule has 6 heteroatoms. The van der Waals surface area contributed by atoms with Gasteiger partial charge in [0.15, 0.2) is 0 Å². The second kappa shape index (κ2) is 9.35. The summed E-state index contributed by atoms with van der Waals surface area (Å²) in [6.45, 7) is 7.92. The van der Waals surface area contributed by atoms with Crippen molar-refractivity contribution < 1.29 is 13.2 Å². The van der Waals surface area contributed by atoms with Crippen LogP contribution >= 0.6 is 0 Å². The van der Waals surface area contributed by atoms with Crippen molar-refractivity contribution in [1.29, 1.82) is 0 Å². The van der Waals surface area contributed by atoms with E-state index in [1.54, 1.807) is 43.3 Å². The summed E-state index contributed by atoms with van der Waals surface area (Å²) in [5.74, 6) is -0.188. The highest BCUT2D eigenvalue weighted by atomic mass is 32.2. The molecule has 0 aliphatic carbocycles. The van der Waals surface area contributed by atoms with Gasteiger partial charge in [-0.1, -0.05) is 48.9 Å². The van der Waals surface area contributed by atoms with Crippen LogP contribution in [0.4, 0.5) is 5.69 Å². The van der Waals surface area contributed by atoms with Crippen molar-refractivity contribution in [2.75, 3.05) is 4.72 Å². The minimum atomic E-state index is -3.69. The SMILES string of the molecule is CC[C@@H](NC(=O)c1ccc(NS(=O)(=O)c2ccccc2)c(C)c1)c1ccc(C)cc1C. The van der Waals surface area contributed by atoms with Gasteiger partial charge in [-0.05, 0) is 74.2 Å². The number of anilines is 1. The molecule has 0 spiro atoms.